The zero-order valence-electron chi connectivity index (χ0n) is 14.8. The van der Waals surface area contributed by atoms with E-state index < -0.39 is 10.0 Å². The monoisotopic (exact) mass is 373 g/mol. The Balaban J connectivity index is 1.56. The van der Waals surface area contributed by atoms with Gasteiger partial charge in [-0.1, -0.05) is 36.4 Å². The summed E-state index contributed by atoms with van der Waals surface area (Å²) in [6.07, 6.45) is 0. The molecule has 3 rings (SSSR count). The first-order chi connectivity index (χ1) is 12.5. The van der Waals surface area contributed by atoms with Crippen LogP contribution < -0.4 is 4.90 Å². The number of carbonyl (C=O) groups excluding carboxylic acids is 1. The van der Waals surface area contributed by atoms with Crippen LogP contribution in [-0.4, -0.2) is 63.3 Å². The minimum absolute atomic E-state index is 0.00411. The Kier molecular flexibility index (Phi) is 5.70. The van der Waals surface area contributed by atoms with E-state index in [1.807, 2.05) is 35.2 Å². The van der Waals surface area contributed by atoms with Crippen molar-refractivity contribution in [3.63, 3.8) is 0 Å². The van der Waals surface area contributed by atoms with Crippen LogP contribution in [-0.2, 0) is 14.8 Å². The van der Waals surface area contributed by atoms with Gasteiger partial charge in [0.2, 0.25) is 15.9 Å². The lowest BCUT2D eigenvalue weighted by Gasteiger charge is -2.34. The highest BCUT2D eigenvalue weighted by Gasteiger charge is 2.29. The molecule has 0 saturated carbocycles. The van der Waals surface area contributed by atoms with E-state index in [0.717, 1.165) is 5.69 Å². The van der Waals surface area contributed by atoms with Crippen molar-refractivity contribution < 1.29 is 13.2 Å². The van der Waals surface area contributed by atoms with E-state index in [9.17, 15) is 13.2 Å². The Morgan fingerprint density at radius 1 is 0.923 bits per heavy atom. The van der Waals surface area contributed by atoms with E-state index in [-0.39, 0.29) is 12.5 Å². The highest BCUT2D eigenvalue weighted by atomic mass is 32.2. The number of likely N-dealkylation sites (N-methyl/N-ethyl adjacent to an activating group) is 1. The van der Waals surface area contributed by atoms with Gasteiger partial charge in [0.15, 0.2) is 0 Å². The molecule has 0 N–H and O–H groups in total. The molecular weight excluding hydrogens is 350 g/mol. The van der Waals surface area contributed by atoms with Gasteiger partial charge >= 0.3 is 0 Å². The number of amides is 1. The summed E-state index contributed by atoms with van der Waals surface area (Å²) in [6.45, 7) is 2.14. The lowest BCUT2D eigenvalue weighted by molar-refractivity contribution is -0.119. The number of rotatable bonds is 5. The summed E-state index contributed by atoms with van der Waals surface area (Å²) in [5.41, 5.74) is 0.850. The first kappa shape index (κ1) is 18.6. The number of hydrogen-bond acceptors (Lipinski definition) is 4. The fourth-order valence-electron chi connectivity index (χ4n) is 2.96. The Bertz CT molecular complexity index is 833. The summed E-state index contributed by atoms with van der Waals surface area (Å²) in [5.74, 6) is -0.00411. The molecule has 0 atom stereocenters. The van der Waals surface area contributed by atoms with Gasteiger partial charge in [-0.2, -0.15) is 4.31 Å². The molecule has 1 heterocycles. The van der Waals surface area contributed by atoms with Gasteiger partial charge in [0.1, 0.15) is 0 Å². The van der Waals surface area contributed by atoms with Gasteiger partial charge in [-0.15, -0.1) is 0 Å². The molecule has 1 amide bonds. The molecule has 7 heteroatoms. The molecule has 0 unspecified atom stereocenters. The van der Waals surface area contributed by atoms with Crippen molar-refractivity contribution in [1.29, 1.82) is 0 Å². The van der Waals surface area contributed by atoms with Crippen molar-refractivity contribution in [3.05, 3.63) is 60.7 Å². The van der Waals surface area contributed by atoms with Gasteiger partial charge in [-0.3, -0.25) is 9.69 Å². The Labute approximate surface area is 154 Å². The molecule has 1 saturated heterocycles. The van der Waals surface area contributed by atoms with Crippen LogP contribution in [0, 0.1) is 0 Å². The predicted molar refractivity (Wildman–Crippen MR) is 101 cm³/mol. The summed E-state index contributed by atoms with van der Waals surface area (Å²) < 4.78 is 26.8. The molecule has 26 heavy (non-hydrogen) atoms. The quantitative estimate of drug-likeness (QED) is 0.800. The number of para-hydroxylation sites is 1. The molecule has 0 bridgehead atoms. The van der Waals surface area contributed by atoms with Gasteiger partial charge in [0.25, 0.3) is 0 Å². The van der Waals surface area contributed by atoms with E-state index in [2.05, 4.69) is 0 Å². The van der Waals surface area contributed by atoms with Crippen molar-refractivity contribution in [3.8, 4) is 0 Å². The average Bonchev–Trinajstić information content (AvgIpc) is 2.69. The van der Waals surface area contributed by atoms with Crippen LogP contribution in [0.1, 0.15) is 0 Å². The van der Waals surface area contributed by atoms with Crippen molar-refractivity contribution in [2.45, 2.75) is 4.90 Å². The normalized spacial score (nSPS) is 16.3. The minimum Gasteiger partial charge on any atom is -0.314 e. The topological polar surface area (TPSA) is 60.9 Å². The van der Waals surface area contributed by atoms with E-state index >= 15 is 0 Å². The fraction of sp³-hybridized carbons (Fsp3) is 0.316. The van der Waals surface area contributed by atoms with Crippen LogP contribution in [0.3, 0.4) is 0 Å². The number of benzene rings is 2. The van der Waals surface area contributed by atoms with Gasteiger partial charge < -0.3 is 4.90 Å². The van der Waals surface area contributed by atoms with Gasteiger partial charge in [0.05, 0.1) is 11.4 Å². The molecule has 0 aromatic heterocycles. The summed E-state index contributed by atoms with van der Waals surface area (Å²) in [5, 5.41) is 0. The second-order valence-electron chi connectivity index (χ2n) is 6.28. The summed E-state index contributed by atoms with van der Waals surface area (Å²) in [4.78, 5) is 16.4. The van der Waals surface area contributed by atoms with Crippen LogP contribution in [0.2, 0.25) is 0 Å². The van der Waals surface area contributed by atoms with E-state index in [4.69, 9.17) is 0 Å². The third-order valence-electron chi connectivity index (χ3n) is 4.59. The van der Waals surface area contributed by atoms with Crippen LogP contribution in [0.5, 0.6) is 0 Å². The molecule has 2 aromatic carbocycles. The van der Waals surface area contributed by atoms with Crippen LogP contribution in [0.15, 0.2) is 65.6 Å². The summed E-state index contributed by atoms with van der Waals surface area (Å²) >= 11 is 0. The lowest BCUT2D eigenvalue weighted by Crippen LogP contribution is -2.51. The van der Waals surface area contributed by atoms with Gasteiger partial charge in [0, 0.05) is 38.9 Å². The maximum Gasteiger partial charge on any atom is 0.243 e. The van der Waals surface area contributed by atoms with Crippen LogP contribution >= 0.6 is 0 Å². The molecule has 1 aliphatic rings. The number of piperazine rings is 1. The van der Waals surface area contributed by atoms with Crippen molar-refractivity contribution in [2.24, 2.45) is 0 Å². The summed E-state index contributed by atoms with van der Waals surface area (Å²) in [7, 11) is -1.70. The SMILES string of the molecule is CN(C(=O)CN1CCN(S(=O)(=O)c2ccccc2)CC1)c1ccccc1. The lowest BCUT2D eigenvalue weighted by atomic mass is 10.3. The van der Waals surface area contributed by atoms with Crippen molar-refractivity contribution in [2.75, 3.05) is 44.7 Å². The molecule has 6 nitrogen and oxygen atoms in total. The maximum absolute atomic E-state index is 12.6. The van der Waals surface area contributed by atoms with Gasteiger partial charge in [-0.25, -0.2) is 8.42 Å². The molecule has 0 radical (unpaired) electrons. The zero-order chi connectivity index (χ0) is 18.6. The second kappa shape index (κ2) is 7.99. The first-order valence-electron chi connectivity index (χ1n) is 8.57. The standard InChI is InChI=1S/C19H23N3O3S/c1-20(17-8-4-2-5-9-17)19(23)16-21-12-14-22(15-13-21)26(24,25)18-10-6-3-7-11-18/h2-11H,12-16H2,1H3. The Hall–Kier alpha value is -2.22. The largest absolute Gasteiger partial charge is 0.314 e. The highest BCUT2D eigenvalue weighted by Crippen LogP contribution is 2.17. The van der Waals surface area contributed by atoms with Crippen molar-refractivity contribution in [1.82, 2.24) is 9.21 Å². The molecular formula is C19H23N3O3S. The first-order valence-corrected chi connectivity index (χ1v) is 10.0. The third-order valence-corrected chi connectivity index (χ3v) is 6.50. The smallest absolute Gasteiger partial charge is 0.243 e. The number of hydrogen-bond donors (Lipinski definition) is 0. The van der Waals surface area contributed by atoms with E-state index in [1.165, 1.54) is 4.31 Å². The van der Waals surface area contributed by atoms with Crippen LogP contribution in [0.4, 0.5) is 5.69 Å². The summed E-state index contributed by atoms with van der Waals surface area (Å²) in [6, 6.07) is 18.0. The maximum atomic E-state index is 12.6. The van der Waals surface area contributed by atoms with Gasteiger partial charge in [-0.05, 0) is 24.3 Å². The van der Waals surface area contributed by atoms with E-state index in [0.29, 0.717) is 31.1 Å². The molecule has 0 spiro atoms. The molecule has 1 aliphatic heterocycles. The second-order valence-corrected chi connectivity index (χ2v) is 8.22. The van der Waals surface area contributed by atoms with E-state index in [1.54, 1.807) is 42.3 Å². The number of sulfonamides is 1. The van der Waals surface area contributed by atoms with Crippen LogP contribution in [0.25, 0.3) is 0 Å². The number of nitrogens with zero attached hydrogens (tertiary/aromatic N) is 3. The highest BCUT2D eigenvalue weighted by molar-refractivity contribution is 7.89. The molecule has 0 aliphatic carbocycles. The molecule has 138 valence electrons. The predicted octanol–water partition coefficient (Wildman–Crippen LogP) is 1.66. The number of anilines is 1. The fourth-order valence-corrected chi connectivity index (χ4v) is 4.41. The van der Waals surface area contributed by atoms with Crippen molar-refractivity contribution >= 4 is 21.6 Å². The minimum atomic E-state index is -3.46. The Morgan fingerprint density at radius 2 is 1.46 bits per heavy atom. The molecule has 2 aromatic rings. The zero-order valence-corrected chi connectivity index (χ0v) is 15.6. The Morgan fingerprint density at radius 3 is 2.04 bits per heavy atom. The average molecular weight is 373 g/mol. The third kappa shape index (κ3) is 4.12. The molecule has 1 fully saturated rings. The number of carbonyl (C=O) groups is 1.